The van der Waals surface area contributed by atoms with Gasteiger partial charge in [-0.1, -0.05) is 0 Å². The minimum absolute atomic E-state index is 0.0199. The van der Waals surface area contributed by atoms with E-state index in [0.29, 0.717) is 0 Å². The number of carboxylic acids is 1. The number of carbonyl (C=O) groups is 2. The third kappa shape index (κ3) is 4.31. The maximum atomic E-state index is 13.9. The highest BCUT2D eigenvalue weighted by Crippen LogP contribution is 2.15. The molecule has 24 heavy (non-hydrogen) atoms. The molecule has 0 bridgehead atoms. The minimum Gasteiger partial charge on any atom is -0.477 e. The predicted octanol–water partition coefficient (Wildman–Crippen LogP) is 1.50. The van der Waals surface area contributed by atoms with E-state index in [9.17, 15) is 14.0 Å². The highest BCUT2D eigenvalue weighted by molar-refractivity contribution is 5.94. The summed E-state index contributed by atoms with van der Waals surface area (Å²) in [6.45, 7) is 5.57. The predicted molar refractivity (Wildman–Crippen MR) is 82.6 cm³/mol. The highest BCUT2D eigenvalue weighted by Gasteiger charge is 2.17. The van der Waals surface area contributed by atoms with E-state index in [1.165, 1.54) is 0 Å². The van der Waals surface area contributed by atoms with Crippen molar-refractivity contribution in [2.75, 3.05) is 18.4 Å². The molecule has 2 rings (SSSR count). The molecule has 0 radical (unpaired) electrons. The Labute approximate surface area is 136 Å². The lowest BCUT2D eigenvalue weighted by molar-refractivity contribution is 0.0529. The van der Waals surface area contributed by atoms with Crippen LogP contribution in [0.1, 0.15) is 31.1 Å². The average molecular weight is 339 g/mol. The van der Waals surface area contributed by atoms with Gasteiger partial charge < -0.3 is 20.5 Å². The molecule has 0 aromatic carbocycles. The second-order valence-electron chi connectivity index (χ2n) is 5.92. The number of anilines is 1. The second kappa shape index (κ2) is 6.69. The molecule has 0 aliphatic carbocycles. The lowest BCUT2D eigenvalue weighted by atomic mass is 10.2. The van der Waals surface area contributed by atoms with Gasteiger partial charge >= 0.3 is 12.1 Å². The van der Waals surface area contributed by atoms with Crippen LogP contribution >= 0.6 is 0 Å². The van der Waals surface area contributed by atoms with Crippen molar-refractivity contribution in [1.82, 2.24) is 19.9 Å². The molecule has 0 saturated heterocycles. The number of hydrogen-bond acceptors (Lipinski definition) is 6. The van der Waals surface area contributed by atoms with Gasteiger partial charge in [0.2, 0.25) is 0 Å². The van der Waals surface area contributed by atoms with Gasteiger partial charge in [0, 0.05) is 13.1 Å². The van der Waals surface area contributed by atoms with E-state index in [1.807, 2.05) is 0 Å². The average Bonchev–Trinajstić information content (AvgIpc) is 2.84. The molecule has 1 amide bonds. The molecule has 0 unspecified atom stereocenters. The van der Waals surface area contributed by atoms with Gasteiger partial charge in [-0.05, 0) is 20.8 Å². The molecule has 2 aromatic heterocycles. The first kappa shape index (κ1) is 17.4. The fraction of sp³-hybridized carbons (Fsp3) is 0.429. The Hall–Kier alpha value is -2.91. The lowest BCUT2D eigenvalue weighted by Gasteiger charge is -2.19. The largest absolute Gasteiger partial charge is 0.477 e. The van der Waals surface area contributed by atoms with Crippen LogP contribution in [0.5, 0.6) is 0 Å². The van der Waals surface area contributed by atoms with Gasteiger partial charge in [-0.25, -0.2) is 23.5 Å². The van der Waals surface area contributed by atoms with E-state index in [0.717, 1.165) is 16.9 Å². The summed E-state index contributed by atoms with van der Waals surface area (Å²) in [5.41, 5.74) is -0.720. The Balaban J connectivity index is 1.97. The Bertz CT molecular complexity index is 768. The van der Waals surface area contributed by atoms with Crippen molar-refractivity contribution in [2.45, 2.75) is 26.4 Å². The van der Waals surface area contributed by atoms with E-state index in [-0.39, 0.29) is 30.1 Å². The number of nitrogens with zero attached hydrogens (tertiary/aromatic N) is 3. The zero-order valence-electron chi connectivity index (χ0n) is 13.5. The van der Waals surface area contributed by atoms with Gasteiger partial charge in [0.15, 0.2) is 17.3 Å². The summed E-state index contributed by atoms with van der Waals surface area (Å²) in [6, 6.07) is 0. The number of alkyl carbamates (subject to hydrolysis) is 1. The number of carboxylic acid groups (broad SMARTS) is 1. The normalized spacial score (nSPS) is 11.3. The summed E-state index contributed by atoms with van der Waals surface area (Å²) in [4.78, 5) is 26.4. The molecule has 0 spiro atoms. The van der Waals surface area contributed by atoms with Gasteiger partial charge in [0.05, 0.1) is 12.4 Å². The molecular formula is C14H18FN5O4. The van der Waals surface area contributed by atoms with Crippen LogP contribution in [0.25, 0.3) is 5.65 Å². The minimum atomic E-state index is -1.21. The summed E-state index contributed by atoms with van der Waals surface area (Å²) in [7, 11) is 0. The third-order valence-corrected chi connectivity index (χ3v) is 2.76. The SMILES string of the molecule is CC(C)(C)OC(=O)NCCNc1nc2c(C(=O)O)cnn2cc1F. The van der Waals surface area contributed by atoms with Crippen LogP contribution in [0.15, 0.2) is 12.4 Å². The zero-order valence-corrected chi connectivity index (χ0v) is 13.5. The fourth-order valence-corrected chi connectivity index (χ4v) is 1.82. The van der Waals surface area contributed by atoms with Crippen LogP contribution in [0, 0.1) is 5.82 Å². The molecule has 2 aromatic rings. The number of rotatable bonds is 5. The van der Waals surface area contributed by atoms with Gasteiger partial charge in [0.1, 0.15) is 11.2 Å². The van der Waals surface area contributed by atoms with Crippen LogP contribution in [-0.4, -0.2) is 50.5 Å². The number of aromatic carboxylic acids is 1. The molecule has 0 fully saturated rings. The number of carbonyl (C=O) groups excluding carboxylic acids is 1. The maximum absolute atomic E-state index is 13.9. The van der Waals surface area contributed by atoms with Crippen LogP contribution in [-0.2, 0) is 4.74 Å². The first-order valence-electron chi connectivity index (χ1n) is 7.15. The van der Waals surface area contributed by atoms with E-state index in [1.54, 1.807) is 20.8 Å². The second-order valence-corrected chi connectivity index (χ2v) is 5.92. The molecule has 2 heterocycles. The third-order valence-electron chi connectivity index (χ3n) is 2.76. The number of halogens is 1. The highest BCUT2D eigenvalue weighted by atomic mass is 19.1. The summed E-state index contributed by atoms with van der Waals surface area (Å²) in [5, 5.41) is 18.0. The fourth-order valence-electron chi connectivity index (χ4n) is 1.82. The van der Waals surface area contributed by atoms with Gasteiger partial charge in [0.25, 0.3) is 0 Å². The summed E-state index contributed by atoms with van der Waals surface area (Å²) < 4.78 is 20.0. The van der Waals surface area contributed by atoms with Crippen molar-refractivity contribution < 1.29 is 23.8 Å². The molecular weight excluding hydrogens is 321 g/mol. The summed E-state index contributed by atoms with van der Waals surface area (Å²) >= 11 is 0. The molecule has 0 aliphatic rings. The number of fused-ring (bicyclic) bond motifs is 1. The number of hydrogen-bond donors (Lipinski definition) is 3. The maximum Gasteiger partial charge on any atom is 0.407 e. The number of ether oxygens (including phenoxy) is 1. The first-order chi connectivity index (χ1) is 11.2. The Kier molecular flexibility index (Phi) is 4.86. The van der Waals surface area contributed by atoms with Crippen LogP contribution in [0.2, 0.25) is 0 Å². The molecule has 3 N–H and O–H groups in total. The molecule has 130 valence electrons. The quantitative estimate of drug-likeness (QED) is 0.707. The van der Waals surface area contributed by atoms with Crippen molar-refractivity contribution in [3.8, 4) is 0 Å². The van der Waals surface area contributed by atoms with E-state index < -0.39 is 23.5 Å². The van der Waals surface area contributed by atoms with E-state index in [4.69, 9.17) is 9.84 Å². The molecule has 9 nitrogen and oxygen atoms in total. The van der Waals surface area contributed by atoms with Crippen molar-refractivity contribution >= 4 is 23.5 Å². The standard InChI is InChI=1S/C14H18FN5O4/c1-14(2,3)24-13(23)17-5-4-16-10-9(15)7-20-11(19-10)8(6-18-20)12(21)22/h6-7H,4-5H2,1-3H3,(H,16,19)(H,17,23)(H,21,22). The topological polar surface area (TPSA) is 118 Å². The van der Waals surface area contributed by atoms with Crippen molar-refractivity contribution in [1.29, 1.82) is 0 Å². The van der Waals surface area contributed by atoms with Crippen LogP contribution < -0.4 is 10.6 Å². The summed E-state index contributed by atoms with van der Waals surface area (Å²) in [6.07, 6.45) is 1.54. The van der Waals surface area contributed by atoms with Crippen molar-refractivity contribution in [2.24, 2.45) is 0 Å². The number of aromatic nitrogens is 3. The number of nitrogens with one attached hydrogen (secondary N) is 2. The van der Waals surface area contributed by atoms with Gasteiger partial charge in [-0.2, -0.15) is 5.10 Å². The van der Waals surface area contributed by atoms with Gasteiger partial charge in [-0.15, -0.1) is 0 Å². The Morgan fingerprint density at radius 3 is 2.71 bits per heavy atom. The monoisotopic (exact) mass is 339 g/mol. The Morgan fingerprint density at radius 2 is 2.08 bits per heavy atom. The van der Waals surface area contributed by atoms with Crippen molar-refractivity contribution in [3.63, 3.8) is 0 Å². The Morgan fingerprint density at radius 1 is 1.38 bits per heavy atom. The van der Waals surface area contributed by atoms with Gasteiger partial charge in [-0.3, -0.25) is 0 Å². The molecule has 0 atom stereocenters. The van der Waals surface area contributed by atoms with Crippen LogP contribution in [0.4, 0.5) is 15.0 Å². The molecule has 0 aliphatic heterocycles. The first-order valence-corrected chi connectivity index (χ1v) is 7.15. The number of amides is 1. The zero-order chi connectivity index (χ0) is 17.9. The van der Waals surface area contributed by atoms with E-state index >= 15 is 0 Å². The van der Waals surface area contributed by atoms with Crippen LogP contribution in [0.3, 0.4) is 0 Å². The van der Waals surface area contributed by atoms with E-state index in [2.05, 4.69) is 20.7 Å². The summed E-state index contributed by atoms with van der Waals surface area (Å²) in [5.74, 6) is -2.03. The van der Waals surface area contributed by atoms with Crippen molar-refractivity contribution in [3.05, 3.63) is 23.8 Å². The molecule has 10 heteroatoms. The molecule has 0 saturated carbocycles. The lowest BCUT2D eigenvalue weighted by Crippen LogP contribution is -2.35. The smallest absolute Gasteiger partial charge is 0.407 e.